The normalized spacial score (nSPS) is 20.8. The third-order valence-electron chi connectivity index (χ3n) is 9.93. The molecule has 8 heteroatoms. The molecule has 246 valence electrons. The minimum Gasteiger partial charge on any atom is -0.481 e. The summed E-state index contributed by atoms with van der Waals surface area (Å²) in [7, 11) is -2.81. The van der Waals surface area contributed by atoms with Gasteiger partial charge in [-0.15, -0.1) is 0 Å². The van der Waals surface area contributed by atoms with E-state index in [1.807, 2.05) is 67.6 Å². The van der Waals surface area contributed by atoms with E-state index in [9.17, 15) is 14.7 Å². The van der Waals surface area contributed by atoms with Gasteiger partial charge in [-0.2, -0.15) is 0 Å². The number of benzene rings is 4. The molecule has 0 aromatic heterocycles. The van der Waals surface area contributed by atoms with Crippen LogP contribution in [0.25, 0.3) is 0 Å². The Balaban J connectivity index is 1.50. The second kappa shape index (κ2) is 14.4. The Kier molecular flexibility index (Phi) is 10.7. The maximum absolute atomic E-state index is 14.3. The molecule has 1 saturated heterocycles. The van der Waals surface area contributed by atoms with Crippen molar-refractivity contribution in [3.05, 3.63) is 130 Å². The summed E-state index contributed by atoms with van der Waals surface area (Å²) in [6.07, 6.45) is 0.571. The molecular formula is C39H43Cl2NO4Si. The van der Waals surface area contributed by atoms with Crippen molar-refractivity contribution in [3.8, 4) is 0 Å². The molecule has 4 aromatic rings. The highest BCUT2D eigenvalue weighted by Gasteiger charge is 2.53. The highest BCUT2D eigenvalue weighted by atomic mass is 35.5. The Hall–Kier alpha value is -3.42. The number of carboxylic acids is 1. The van der Waals surface area contributed by atoms with Crippen molar-refractivity contribution in [2.45, 2.75) is 64.0 Å². The average molecular weight is 689 g/mol. The van der Waals surface area contributed by atoms with Gasteiger partial charge in [0.05, 0.1) is 17.9 Å². The molecule has 0 unspecified atom stereocenters. The summed E-state index contributed by atoms with van der Waals surface area (Å²) in [5.74, 6) is -1.78. The molecule has 4 aromatic carbocycles. The summed E-state index contributed by atoms with van der Waals surface area (Å²) in [6.45, 7) is 9.07. The van der Waals surface area contributed by atoms with E-state index in [0.29, 0.717) is 29.5 Å². The second-order valence-electron chi connectivity index (χ2n) is 13.8. The van der Waals surface area contributed by atoms with E-state index in [1.165, 1.54) is 10.4 Å². The topological polar surface area (TPSA) is 75.6 Å². The Morgan fingerprint density at radius 1 is 0.894 bits per heavy atom. The number of nitrogens with one attached hydrogen (secondary N) is 1. The predicted molar refractivity (Wildman–Crippen MR) is 193 cm³/mol. The van der Waals surface area contributed by atoms with Crippen molar-refractivity contribution in [3.63, 3.8) is 0 Å². The minimum atomic E-state index is -2.81. The number of carboxylic acid groups (broad SMARTS) is 1. The van der Waals surface area contributed by atoms with Crippen LogP contribution in [0.1, 0.15) is 70.0 Å². The van der Waals surface area contributed by atoms with Crippen molar-refractivity contribution in [1.29, 1.82) is 0 Å². The zero-order valence-electron chi connectivity index (χ0n) is 27.4. The SMILES string of the molecule is C[C@@H](CCO[Si](c1ccccc1)(c1ccccc1)C(C)(C)C)[C@@]1(CC(=O)O)C[C@H](c2cccc(Cl)c2)[C@@H](c2ccc(Cl)cc2)NC1=O. The molecule has 2 N–H and O–H groups in total. The summed E-state index contributed by atoms with van der Waals surface area (Å²) in [4.78, 5) is 26.8. The lowest BCUT2D eigenvalue weighted by Crippen LogP contribution is -2.66. The highest BCUT2D eigenvalue weighted by Crippen LogP contribution is 2.51. The number of rotatable bonds is 11. The molecule has 0 saturated carbocycles. The number of carbonyl (C=O) groups excluding carboxylic acids is 1. The molecule has 1 heterocycles. The zero-order chi connectivity index (χ0) is 33.8. The molecule has 1 fully saturated rings. The fraction of sp³-hybridized carbons (Fsp3) is 0.333. The average Bonchev–Trinajstić information content (AvgIpc) is 3.04. The van der Waals surface area contributed by atoms with Crippen molar-refractivity contribution in [1.82, 2.24) is 5.32 Å². The van der Waals surface area contributed by atoms with Gasteiger partial charge in [0.1, 0.15) is 0 Å². The molecule has 0 bridgehead atoms. The largest absolute Gasteiger partial charge is 0.481 e. The van der Waals surface area contributed by atoms with Crippen LogP contribution in [0.2, 0.25) is 15.1 Å². The Morgan fingerprint density at radius 3 is 2.02 bits per heavy atom. The third-order valence-corrected chi connectivity index (χ3v) is 15.5. The van der Waals surface area contributed by atoms with E-state index in [2.05, 4.69) is 74.6 Å². The standard InChI is InChI=1S/C39H43Cl2NO4Si/c1-27(22-23-46-47(38(2,3)4,32-14-7-5-8-15-32)33-16-9-6-10-17-33)39(26-35(43)44)25-34(29-12-11-13-31(41)24-29)36(42-37(39)45)28-18-20-30(40)21-19-28/h5-21,24,27,34,36H,22-23,25-26H2,1-4H3,(H,42,45)(H,43,44)/t27-,34+,36+,39-/m0/s1. The number of aliphatic carboxylic acids is 1. The lowest BCUT2D eigenvalue weighted by Gasteiger charge is -2.48. The van der Waals surface area contributed by atoms with E-state index in [1.54, 1.807) is 0 Å². The molecule has 0 radical (unpaired) electrons. The number of amides is 1. The number of hydrogen-bond acceptors (Lipinski definition) is 3. The zero-order valence-corrected chi connectivity index (χ0v) is 29.9. The van der Waals surface area contributed by atoms with Crippen LogP contribution in [0, 0.1) is 11.3 Å². The fourth-order valence-electron chi connectivity index (χ4n) is 7.47. The van der Waals surface area contributed by atoms with Gasteiger partial charge in [-0.05, 0) is 69.6 Å². The van der Waals surface area contributed by atoms with E-state index in [0.717, 1.165) is 11.1 Å². The van der Waals surface area contributed by atoms with Gasteiger partial charge >= 0.3 is 5.97 Å². The monoisotopic (exact) mass is 687 g/mol. The van der Waals surface area contributed by atoms with Crippen LogP contribution < -0.4 is 15.7 Å². The fourth-order valence-corrected chi connectivity index (χ4v) is 12.4. The quantitative estimate of drug-likeness (QED) is 0.155. The first-order valence-corrected chi connectivity index (χ1v) is 18.8. The van der Waals surface area contributed by atoms with Gasteiger partial charge in [-0.3, -0.25) is 9.59 Å². The molecular weight excluding hydrogens is 645 g/mol. The van der Waals surface area contributed by atoms with Gasteiger partial charge in [-0.1, -0.05) is 136 Å². The minimum absolute atomic E-state index is 0.205. The number of hydrogen-bond donors (Lipinski definition) is 2. The van der Waals surface area contributed by atoms with Crippen molar-refractivity contribution >= 4 is 53.8 Å². The molecule has 1 amide bonds. The van der Waals surface area contributed by atoms with Crippen LogP contribution >= 0.6 is 23.2 Å². The van der Waals surface area contributed by atoms with Crippen molar-refractivity contribution in [2.24, 2.45) is 11.3 Å². The smallest absolute Gasteiger partial charge is 0.304 e. The van der Waals surface area contributed by atoms with Crippen LogP contribution in [0.5, 0.6) is 0 Å². The number of piperidine rings is 1. The summed E-state index contributed by atoms with van der Waals surface area (Å²) in [5.41, 5.74) is 0.679. The molecule has 0 spiro atoms. The Bertz CT molecular complexity index is 1640. The van der Waals surface area contributed by atoms with Gasteiger partial charge in [0, 0.05) is 22.6 Å². The number of halogens is 2. The first-order chi connectivity index (χ1) is 22.4. The highest BCUT2D eigenvalue weighted by molar-refractivity contribution is 6.99. The van der Waals surface area contributed by atoms with E-state index in [-0.39, 0.29) is 35.2 Å². The molecule has 47 heavy (non-hydrogen) atoms. The van der Waals surface area contributed by atoms with E-state index < -0.39 is 19.7 Å². The van der Waals surface area contributed by atoms with Crippen LogP contribution in [-0.2, 0) is 14.0 Å². The summed E-state index contributed by atoms with van der Waals surface area (Å²) >= 11 is 12.7. The summed E-state index contributed by atoms with van der Waals surface area (Å²) in [5, 5.41) is 16.8. The van der Waals surface area contributed by atoms with Gasteiger partial charge in [-0.25, -0.2) is 0 Å². The third kappa shape index (κ3) is 7.21. The molecule has 5 nitrogen and oxygen atoms in total. The van der Waals surface area contributed by atoms with Gasteiger partial charge in [0.25, 0.3) is 8.32 Å². The summed E-state index contributed by atoms with van der Waals surface area (Å²) < 4.78 is 7.17. The molecule has 1 aliphatic rings. The molecule has 1 aliphatic heterocycles. The van der Waals surface area contributed by atoms with E-state index >= 15 is 0 Å². The predicted octanol–water partition coefficient (Wildman–Crippen LogP) is 8.40. The first kappa shape index (κ1) is 34.9. The van der Waals surface area contributed by atoms with Gasteiger partial charge in [0.2, 0.25) is 5.91 Å². The Labute approximate surface area is 289 Å². The maximum atomic E-state index is 14.3. The second-order valence-corrected chi connectivity index (χ2v) is 19.0. The van der Waals surface area contributed by atoms with Crippen LogP contribution in [-0.4, -0.2) is 31.9 Å². The van der Waals surface area contributed by atoms with Crippen LogP contribution in [0.3, 0.4) is 0 Å². The molecule has 5 rings (SSSR count). The van der Waals surface area contributed by atoms with Crippen LogP contribution in [0.4, 0.5) is 0 Å². The molecule has 0 aliphatic carbocycles. The lowest BCUT2D eigenvalue weighted by molar-refractivity contribution is -0.152. The number of carbonyl (C=O) groups is 2. The first-order valence-electron chi connectivity index (χ1n) is 16.2. The molecule has 4 atom stereocenters. The van der Waals surface area contributed by atoms with E-state index in [4.69, 9.17) is 27.6 Å². The van der Waals surface area contributed by atoms with Gasteiger partial charge in [0.15, 0.2) is 0 Å². The van der Waals surface area contributed by atoms with Crippen molar-refractivity contribution in [2.75, 3.05) is 6.61 Å². The van der Waals surface area contributed by atoms with Crippen molar-refractivity contribution < 1.29 is 19.1 Å². The van der Waals surface area contributed by atoms with Gasteiger partial charge < -0.3 is 14.8 Å². The Morgan fingerprint density at radius 2 is 1.49 bits per heavy atom. The lowest BCUT2D eigenvalue weighted by atomic mass is 9.61. The maximum Gasteiger partial charge on any atom is 0.304 e. The van der Waals surface area contributed by atoms with Crippen LogP contribution in [0.15, 0.2) is 109 Å². The summed E-state index contributed by atoms with van der Waals surface area (Å²) in [6, 6.07) is 35.6.